The number of carbonyl (C=O) groups excluding carboxylic acids is 1. The highest BCUT2D eigenvalue weighted by molar-refractivity contribution is 5.83. The van der Waals surface area contributed by atoms with Crippen molar-refractivity contribution in [2.24, 2.45) is 5.73 Å². The van der Waals surface area contributed by atoms with Crippen molar-refractivity contribution in [1.29, 1.82) is 0 Å². The van der Waals surface area contributed by atoms with Crippen LogP contribution in [0.3, 0.4) is 0 Å². The third-order valence-electron chi connectivity index (χ3n) is 3.00. The molecule has 0 aliphatic heterocycles. The summed E-state index contributed by atoms with van der Waals surface area (Å²) in [5.74, 6) is -0.294. The summed E-state index contributed by atoms with van der Waals surface area (Å²) in [7, 11) is 0. The fraction of sp³-hybridized carbons (Fsp3) is 0.357. The number of carbonyl (C=O) groups is 1. The summed E-state index contributed by atoms with van der Waals surface area (Å²) in [6, 6.07) is 7.85. The molecule has 2 rings (SSSR count). The van der Waals surface area contributed by atoms with E-state index in [1.165, 1.54) is 6.92 Å². The standard InChI is InChI=1S/C14H18N2O2/c1-9(15)14(18-10(2)17)7-11-8-16-13-6-4-3-5-12(11)13/h3-6,8-9,14,16H,7,15H2,1-2H3. The Balaban J connectivity index is 2.23. The molecule has 0 amide bonds. The summed E-state index contributed by atoms with van der Waals surface area (Å²) in [6.07, 6.45) is 2.28. The Kier molecular flexibility index (Phi) is 3.67. The zero-order valence-electron chi connectivity index (χ0n) is 10.6. The summed E-state index contributed by atoms with van der Waals surface area (Å²) in [5.41, 5.74) is 8.06. The molecule has 1 heterocycles. The van der Waals surface area contributed by atoms with Crippen LogP contribution in [0.4, 0.5) is 0 Å². The molecule has 0 saturated carbocycles. The number of para-hydroxylation sites is 1. The zero-order valence-corrected chi connectivity index (χ0v) is 10.6. The fourth-order valence-electron chi connectivity index (χ4n) is 2.07. The van der Waals surface area contributed by atoms with Crippen LogP contribution in [-0.2, 0) is 16.0 Å². The van der Waals surface area contributed by atoms with E-state index in [0.29, 0.717) is 6.42 Å². The van der Waals surface area contributed by atoms with Crippen LogP contribution >= 0.6 is 0 Å². The Morgan fingerprint density at radius 1 is 1.44 bits per heavy atom. The summed E-state index contributed by atoms with van der Waals surface area (Å²) < 4.78 is 5.26. The first-order valence-corrected chi connectivity index (χ1v) is 6.05. The lowest BCUT2D eigenvalue weighted by atomic mass is 10.0. The first-order chi connectivity index (χ1) is 8.58. The molecule has 3 N–H and O–H groups in total. The lowest BCUT2D eigenvalue weighted by Crippen LogP contribution is -2.36. The van der Waals surface area contributed by atoms with Crippen LogP contribution in [0.25, 0.3) is 10.9 Å². The van der Waals surface area contributed by atoms with Crippen LogP contribution in [0.5, 0.6) is 0 Å². The number of rotatable bonds is 4. The van der Waals surface area contributed by atoms with Crippen LogP contribution in [0.15, 0.2) is 30.5 Å². The molecule has 2 atom stereocenters. The van der Waals surface area contributed by atoms with E-state index in [9.17, 15) is 4.79 Å². The maximum Gasteiger partial charge on any atom is 0.302 e. The minimum Gasteiger partial charge on any atom is -0.461 e. The number of aromatic amines is 1. The van der Waals surface area contributed by atoms with Crippen molar-refractivity contribution in [3.63, 3.8) is 0 Å². The van der Waals surface area contributed by atoms with Crippen LogP contribution in [0, 0.1) is 0 Å². The van der Waals surface area contributed by atoms with Gasteiger partial charge < -0.3 is 15.5 Å². The van der Waals surface area contributed by atoms with Gasteiger partial charge in [-0.1, -0.05) is 18.2 Å². The number of ether oxygens (including phenoxy) is 1. The number of nitrogens with one attached hydrogen (secondary N) is 1. The van der Waals surface area contributed by atoms with E-state index < -0.39 is 0 Å². The molecule has 2 unspecified atom stereocenters. The molecule has 0 aliphatic carbocycles. The molecule has 0 saturated heterocycles. The van der Waals surface area contributed by atoms with E-state index in [-0.39, 0.29) is 18.1 Å². The van der Waals surface area contributed by atoms with Gasteiger partial charge in [0, 0.05) is 36.5 Å². The summed E-state index contributed by atoms with van der Waals surface area (Å²) in [6.45, 7) is 3.26. The third-order valence-corrected chi connectivity index (χ3v) is 3.00. The van der Waals surface area contributed by atoms with Gasteiger partial charge in [0.1, 0.15) is 6.10 Å². The van der Waals surface area contributed by atoms with Gasteiger partial charge in [-0.3, -0.25) is 4.79 Å². The van der Waals surface area contributed by atoms with Crippen LogP contribution in [0.1, 0.15) is 19.4 Å². The number of aromatic nitrogens is 1. The van der Waals surface area contributed by atoms with Crippen molar-refractivity contribution < 1.29 is 9.53 Å². The predicted octanol–water partition coefficient (Wildman–Crippen LogP) is 1.99. The Morgan fingerprint density at radius 3 is 2.83 bits per heavy atom. The molecule has 0 fully saturated rings. The molecule has 4 nitrogen and oxygen atoms in total. The highest BCUT2D eigenvalue weighted by atomic mass is 16.5. The smallest absolute Gasteiger partial charge is 0.302 e. The van der Waals surface area contributed by atoms with Gasteiger partial charge >= 0.3 is 5.97 Å². The van der Waals surface area contributed by atoms with E-state index >= 15 is 0 Å². The van der Waals surface area contributed by atoms with Crippen molar-refractivity contribution >= 4 is 16.9 Å². The van der Waals surface area contributed by atoms with Gasteiger partial charge in [0.05, 0.1) is 0 Å². The maximum absolute atomic E-state index is 11.1. The van der Waals surface area contributed by atoms with Crippen molar-refractivity contribution in [1.82, 2.24) is 4.98 Å². The van der Waals surface area contributed by atoms with Gasteiger partial charge in [-0.05, 0) is 18.6 Å². The van der Waals surface area contributed by atoms with Crippen molar-refractivity contribution in [2.45, 2.75) is 32.4 Å². The van der Waals surface area contributed by atoms with Gasteiger partial charge in [0.15, 0.2) is 0 Å². The number of nitrogens with two attached hydrogens (primary N) is 1. The second-order valence-corrected chi connectivity index (χ2v) is 4.57. The van der Waals surface area contributed by atoms with E-state index in [4.69, 9.17) is 10.5 Å². The first-order valence-electron chi connectivity index (χ1n) is 6.05. The highest BCUT2D eigenvalue weighted by Crippen LogP contribution is 2.20. The third kappa shape index (κ3) is 2.71. The van der Waals surface area contributed by atoms with E-state index in [1.54, 1.807) is 0 Å². The molecule has 96 valence electrons. The molecule has 0 spiro atoms. The number of H-pyrrole nitrogens is 1. The molecule has 1 aromatic heterocycles. The molecule has 0 aliphatic rings. The van der Waals surface area contributed by atoms with E-state index in [0.717, 1.165) is 16.5 Å². The number of benzene rings is 1. The second kappa shape index (κ2) is 5.23. The largest absolute Gasteiger partial charge is 0.461 e. The van der Waals surface area contributed by atoms with Crippen molar-refractivity contribution in [3.8, 4) is 0 Å². The van der Waals surface area contributed by atoms with Gasteiger partial charge in [0.2, 0.25) is 0 Å². The number of hydrogen-bond donors (Lipinski definition) is 2. The van der Waals surface area contributed by atoms with Gasteiger partial charge in [-0.25, -0.2) is 0 Å². The molecule has 18 heavy (non-hydrogen) atoms. The maximum atomic E-state index is 11.1. The Labute approximate surface area is 106 Å². The van der Waals surface area contributed by atoms with Crippen LogP contribution in [0.2, 0.25) is 0 Å². The molecule has 0 radical (unpaired) electrons. The first kappa shape index (κ1) is 12.6. The number of esters is 1. The molecule has 0 bridgehead atoms. The van der Waals surface area contributed by atoms with Crippen molar-refractivity contribution in [2.75, 3.05) is 0 Å². The Hall–Kier alpha value is -1.81. The summed E-state index contributed by atoms with van der Waals surface area (Å²) in [5, 5.41) is 1.15. The summed E-state index contributed by atoms with van der Waals surface area (Å²) in [4.78, 5) is 14.3. The lowest BCUT2D eigenvalue weighted by molar-refractivity contribution is -0.147. The zero-order chi connectivity index (χ0) is 13.1. The predicted molar refractivity (Wildman–Crippen MR) is 71.2 cm³/mol. The second-order valence-electron chi connectivity index (χ2n) is 4.57. The molecule has 1 aromatic carbocycles. The monoisotopic (exact) mass is 246 g/mol. The lowest BCUT2D eigenvalue weighted by Gasteiger charge is -2.20. The SMILES string of the molecule is CC(=O)OC(Cc1c[nH]c2ccccc12)C(C)N. The van der Waals surface area contributed by atoms with E-state index in [2.05, 4.69) is 4.98 Å². The number of hydrogen-bond acceptors (Lipinski definition) is 3. The molecule has 2 aromatic rings. The van der Waals surface area contributed by atoms with E-state index in [1.807, 2.05) is 37.4 Å². The molecular weight excluding hydrogens is 228 g/mol. The highest BCUT2D eigenvalue weighted by Gasteiger charge is 2.19. The summed E-state index contributed by atoms with van der Waals surface area (Å²) >= 11 is 0. The number of fused-ring (bicyclic) bond motifs is 1. The minimum atomic E-state index is -0.294. The quantitative estimate of drug-likeness (QED) is 0.811. The van der Waals surface area contributed by atoms with Gasteiger partial charge in [0.25, 0.3) is 0 Å². The van der Waals surface area contributed by atoms with Gasteiger partial charge in [-0.15, -0.1) is 0 Å². The average molecular weight is 246 g/mol. The van der Waals surface area contributed by atoms with Crippen LogP contribution < -0.4 is 5.73 Å². The average Bonchev–Trinajstić information content (AvgIpc) is 2.71. The topological polar surface area (TPSA) is 68.1 Å². The Morgan fingerprint density at radius 2 is 2.17 bits per heavy atom. The molecule has 4 heteroatoms. The molecular formula is C14H18N2O2. The van der Waals surface area contributed by atoms with Crippen LogP contribution in [-0.4, -0.2) is 23.1 Å². The fourth-order valence-corrected chi connectivity index (χ4v) is 2.07. The van der Waals surface area contributed by atoms with Gasteiger partial charge in [-0.2, -0.15) is 0 Å². The normalized spacial score (nSPS) is 14.4. The van der Waals surface area contributed by atoms with Crippen molar-refractivity contribution in [3.05, 3.63) is 36.0 Å². The minimum absolute atomic E-state index is 0.192. The Bertz CT molecular complexity index is 545.